The van der Waals surface area contributed by atoms with Gasteiger partial charge in [0.25, 0.3) is 5.91 Å². The van der Waals surface area contributed by atoms with Crippen molar-refractivity contribution in [3.05, 3.63) is 70.8 Å². The largest absolute Gasteiger partial charge is 0.493 e. The number of benzene rings is 2. The molecule has 2 aromatic rings. The van der Waals surface area contributed by atoms with Crippen molar-refractivity contribution >= 4 is 17.8 Å². The first-order chi connectivity index (χ1) is 13.5. The van der Waals surface area contributed by atoms with E-state index in [-0.39, 0.29) is 11.7 Å². The monoisotopic (exact) mass is 379 g/mol. The summed E-state index contributed by atoms with van der Waals surface area (Å²) in [5.41, 5.74) is 3.25. The van der Waals surface area contributed by atoms with E-state index in [1.807, 2.05) is 12.1 Å². The van der Waals surface area contributed by atoms with E-state index in [0.717, 1.165) is 30.6 Å². The molecule has 28 heavy (non-hydrogen) atoms. The molecule has 0 unspecified atom stereocenters. The van der Waals surface area contributed by atoms with Crippen molar-refractivity contribution in [1.82, 2.24) is 4.90 Å². The van der Waals surface area contributed by atoms with E-state index in [9.17, 15) is 9.59 Å². The quantitative estimate of drug-likeness (QED) is 0.454. The van der Waals surface area contributed by atoms with Gasteiger partial charge in [-0.05, 0) is 54.8 Å². The minimum Gasteiger partial charge on any atom is -0.493 e. The Hall–Kier alpha value is -2.88. The van der Waals surface area contributed by atoms with Crippen LogP contribution in [-0.2, 0) is 6.42 Å². The first kappa shape index (κ1) is 21.4. The fraction of sp³-hybridized carbons (Fsp3) is 0.333. The second kappa shape index (κ2) is 10.5. The Morgan fingerprint density at radius 2 is 1.64 bits per heavy atom. The molecule has 0 heterocycles. The van der Waals surface area contributed by atoms with Gasteiger partial charge >= 0.3 is 0 Å². The third kappa shape index (κ3) is 5.81. The maximum Gasteiger partial charge on any atom is 0.253 e. The number of nitrogens with zero attached hydrogens (tertiary/aromatic N) is 1. The molecule has 0 radical (unpaired) electrons. The van der Waals surface area contributed by atoms with Gasteiger partial charge in [-0.2, -0.15) is 0 Å². The lowest BCUT2D eigenvalue weighted by atomic mass is 10.0. The number of ether oxygens (including phenoxy) is 1. The van der Waals surface area contributed by atoms with Crippen molar-refractivity contribution in [2.45, 2.75) is 33.1 Å². The van der Waals surface area contributed by atoms with Crippen LogP contribution in [-0.4, -0.2) is 37.3 Å². The zero-order valence-electron chi connectivity index (χ0n) is 17.2. The SMILES string of the molecule is CCCOc1ccc(CCC)cc1/C=C/C(=O)c1ccc(C(=O)N(C)C)cc1. The Balaban J connectivity index is 2.20. The standard InChI is InChI=1S/C24H29NO3/c1-5-7-18-8-15-23(28-16-6-2)21(17-18)13-14-22(26)19-9-11-20(12-10-19)24(27)25(3)4/h8-15,17H,5-7,16H2,1-4H3/b14-13+. The highest BCUT2D eigenvalue weighted by Gasteiger charge is 2.09. The molecule has 0 fully saturated rings. The molecule has 0 N–H and O–H groups in total. The van der Waals surface area contributed by atoms with Gasteiger partial charge in [0.1, 0.15) is 5.75 Å². The smallest absolute Gasteiger partial charge is 0.253 e. The number of aryl methyl sites for hydroxylation is 1. The van der Waals surface area contributed by atoms with Crippen LogP contribution in [0.2, 0.25) is 0 Å². The number of hydrogen-bond acceptors (Lipinski definition) is 3. The van der Waals surface area contributed by atoms with Gasteiger partial charge in [-0.3, -0.25) is 9.59 Å². The summed E-state index contributed by atoms with van der Waals surface area (Å²) in [6.07, 6.45) is 6.36. The van der Waals surface area contributed by atoms with Crippen LogP contribution in [0.3, 0.4) is 0 Å². The van der Waals surface area contributed by atoms with E-state index in [2.05, 4.69) is 26.0 Å². The molecule has 0 saturated carbocycles. The highest BCUT2D eigenvalue weighted by atomic mass is 16.5. The second-order valence-corrected chi connectivity index (χ2v) is 6.95. The zero-order valence-corrected chi connectivity index (χ0v) is 17.2. The van der Waals surface area contributed by atoms with E-state index in [1.165, 1.54) is 10.5 Å². The number of allylic oxidation sites excluding steroid dienone is 1. The van der Waals surface area contributed by atoms with Gasteiger partial charge < -0.3 is 9.64 Å². The number of carbonyl (C=O) groups is 2. The molecule has 0 bridgehead atoms. The molecule has 4 heteroatoms. The van der Waals surface area contributed by atoms with Crippen LogP contribution < -0.4 is 4.74 Å². The van der Waals surface area contributed by atoms with Gasteiger partial charge in [-0.25, -0.2) is 0 Å². The molecule has 148 valence electrons. The first-order valence-electron chi connectivity index (χ1n) is 9.76. The Morgan fingerprint density at radius 3 is 2.25 bits per heavy atom. The first-order valence-corrected chi connectivity index (χ1v) is 9.76. The van der Waals surface area contributed by atoms with E-state index in [4.69, 9.17) is 4.74 Å². The molecule has 0 aromatic heterocycles. The maximum absolute atomic E-state index is 12.5. The van der Waals surface area contributed by atoms with Gasteiger partial charge in [0.2, 0.25) is 0 Å². The van der Waals surface area contributed by atoms with Crippen LogP contribution in [0.4, 0.5) is 0 Å². The summed E-state index contributed by atoms with van der Waals surface area (Å²) in [5, 5.41) is 0. The number of amides is 1. The molecular weight excluding hydrogens is 350 g/mol. The van der Waals surface area contributed by atoms with Crippen LogP contribution in [0, 0.1) is 0 Å². The molecule has 0 spiro atoms. The predicted octanol–water partition coefficient (Wildman–Crippen LogP) is 5.03. The average Bonchev–Trinajstić information content (AvgIpc) is 2.71. The van der Waals surface area contributed by atoms with E-state index in [0.29, 0.717) is 17.7 Å². The molecular formula is C24H29NO3. The minimum absolute atomic E-state index is 0.0833. The van der Waals surface area contributed by atoms with Gasteiger partial charge in [-0.15, -0.1) is 0 Å². The van der Waals surface area contributed by atoms with Gasteiger partial charge in [0.15, 0.2) is 5.78 Å². The molecule has 1 amide bonds. The summed E-state index contributed by atoms with van der Waals surface area (Å²) in [6.45, 7) is 4.85. The Bertz CT molecular complexity index is 835. The van der Waals surface area contributed by atoms with Gasteiger partial charge in [0, 0.05) is 30.8 Å². The second-order valence-electron chi connectivity index (χ2n) is 6.95. The summed E-state index contributed by atoms with van der Waals surface area (Å²) < 4.78 is 5.82. The Morgan fingerprint density at radius 1 is 0.964 bits per heavy atom. The number of hydrogen-bond donors (Lipinski definition) is 0. The van der Waals surface area contributed by atoms with Crippen molar-refractivity contribution in [2.75, 3.05) is 20.7 Å². The highest BCUT2D eigenvalue weighted by Crippen LogP contribution is 2.23. The van der Waals surface area contributed by atoms with Crippen LogP contribution in [0.5, 0.6) is 5.75 Å². The third-order valence-corrected chi connectivity index (χ3v) is 4.31. The molecule has 0 aliphatic heterocycles. The summed E-state index contributed by atoms with van der Waals surface area (Å²) in [4.78, 5) is 26.0. The molecule has 4 nitrogen and oxygen atoms in total. The van der Waals surface area contributed by atoms with Crippen LogP contribution in [0.1, 0.15) is 58.5 Å². The minimum atomic E-state index is -0.105. The van der Waals surface area contributed by atoms with Gasteiger partial charge in [0.05, 0.1) is 6.61 Å². The molecule has 0 atom stereocenters. The molecule has 2 rings (SSSR count). The predicted molar refractivity (Wildman–Crippen MR) is 114 cm³/mol. The van der Waals surface area contributed by atoms with Crippen LogP contribution in [0.15, 0.2) is 48.5 Å². The lowest BCUT2D eigenvalue weighted by Gasteiger charge is -2.10. The van der Waals surface area contributed by atoms with Crippen LogP contribution in [0.25, 0.3) is 6.08 Å². The van der Waals surface area contributed by atoms with E-state index >= 15 is 0 Å². The highest BCUT2D eigenvalue weighted by molar-refractivity contribution is 6.07. The number of carbonyl (C=O) groups excluding carboxylic acids is 2. The average molecular weight is 380 g/mol. The lowest BCUT2D eigenvalue weighted by molar-refractivity contribution is 0.0827. The summed E-state index contributed by atoms with van der Waals surface area (Å²) >= 11 is 0. The summed E-state index contributed by atoms with van der Waals surface area (Å²) in [6, 6.07) is 12.9. The number of rotatable bonds is 9. The van der Waals surface area contributed by atoms with Crippen molar-refractivity contribution in [2.24, 2.45) is 0 Å². The van der Waals surface area contributed by atoms with E-state index in [1.54, 1.807) is 44.4 Å². The van der Waals surface area contributed by atoms with Crippen LogP contribution >= 0.6 is 0 Å². The van der Waals surface area contributed by atoms with Gasteiger partial charge in [-0.1, -0.05) is 38.5 Å². The zero-order chi connectivity index (χ0) is 20.5. The lowest BCUT2D eigenvalue weighted by Crippen LogP contribution is -2.21. The Labute approximate surface area is 167 Å². The van der Waals surface area contributed by atoms with Crippen molar-refractivity contribution in [3.63, 3.8) is 0 Å². The van der Waals surface area contributed by atoms with E-state index < -0.39 is 0 Å². The normalized spacial score (nSPS) is 10.9. The summed E-state index contributed by atoms with van der Waals surface area (Å²) in [7, 11) is 3.41. The number of ketones is 1. The fourth-order valence-corrected chi connectivity index (χ4v) is 2.81. The maximum atomic E-state index is 12.5. The molecule has 2 aromatic carbocycles. The fourth-order valence-electron chi connectivity index (χ4n) is 2.81. The molecule has 0 saturated heterocycles. The van der Waals surface area contributed by atoms with Crippen molar-refractivity contribution in [3.8, 4) is 5.75 Å². The summed E-state index contributed by atoms with van der Waals surface area (Å²) in [5.74, 6) is 0.601. The third-order valence-electron chi connectivity index (χ3n) is 4.31. The molecule has 0 aliphatic carbocycles. The molecule has 0 aliphatic rings. The topological polar surface area (TPSA) is 46.6 Å². The Kier molecular flexibility index (Phi) is 8.00. The van der Waals surface area contributed by atoms with Crippen molar-refractivity contribution in [1.29, 1.82) is 0 Å². The van der Waals surface area contributed by atoms with Crippen molar-refractivity contribution < 1.29 is 14.3 Å².